The summed E-state index contributed by atoms with van der Waals surface area (Å²) in [6.07, 6.45) is 2.17. The molecule has 0 amide bonds. The zero-order valence-electron chi connectivity index (χ0n) is 17.1. The minimum Gasteiger partial charge on any atom is -0.356 e. The molecule has 0 saturated carbocycles. The van der Waals surface area contributed by atoms with Gasteiger partial charge in [0, 0.05) is 32.3 Å². The normalized spacial score (nSPS) is 13.8. The second-order valence-electron chi connectivity index (χ2n) is 7.64. The summed E-state index contributed by atoms with van der Waals surface area (Å²) in [5.74, 6) is 0.871. The molecule has 2 rings (SSSR count). The van der Waals surface area contributed by atoms with Crippen molar-refractivity contribution in [2.45, 2.75) is 30.9 Å². The maximum atomic E-state index is 11.9. The number of sulfone groups is 1. The van der Waals surface area contributed by atoms with E-state index in [1.54, 1.807) is 20.9 Å². The third kappa shape index (κ3) is 6.37. The fourth-order valence-corrected chi connectivity index (χ4v) is 3.13. The highest BCUT2D eigenvalue weighted by Gasteiger charge is 2.30. The van der Waals surface area contributed by atoms with Crippen LogP contribution in [0, 0.1) is 0 Å². The van der Waals surface area contributed by atoms with Crippen LogP contribution in [0.25, 0.3) is 0 Å². The van der Waals surface area contributed by atoms with E-state index in [0.29, 0.717) is 19.0 Å². The highest BCUT2D eigenvalue weighted by Crippen LogP contribution is 2.20. The van der Waals surface area contributed by atoms with Crippen LogP contribution in [0.5, 0.6) is 0 Å². The molecule has 0 aromatic heterocycles. The second kappa shape index (κ2) is 9.73. The van der Waals surface area contributed by atoms with Crippen molar-refractivity contribution in [1.29, 1.82) is 0 Å². The lowest BCUT2D eigenvalue weighted by Gasteiger charge is -2.25. The van der Waals surface area contributed by atoms with Gasteiger partial charge in [-0.05, 0) is 31.4 Å². The van der Waals surface area contributed by atoms with Gasteiger partial charge < -0.3 is 10.6 Å². The van der Waals surface area contributed by atoms with Crippen LogP contribution in [-0.2, 0) is 16.3 Å². The van der Waals surface area contributed by atoms with Crippen LogP contribution in [0.3, 0.4) is 0 Å². The molecule has 5 nitrogen and oxygen atoms in total. The fourth-order valence-electron chi connectivity index (χ4n) is 2.80. The molecule has 1 unspecified atom stereocenters. The first kappa shape index (κ1) is 22.0. The summed E-state index contributed by atoms with van der Waals surface area (Å²) in [6.45, 7) is 4.41. The molecule has 0 fully saturated rings. The van der Waals surface area contributed by atoms with E-state index in [0.717, 1.165) is 6.42 Å². The van der Waals surface area contributed by atoms with Crippen molar-refractivity contribution >= 4 is 15.8 Å². The summed E-state index contributed by atoms with van der Waals surface area (Å²) in [4.78, 5) is 4.25. The van der Waals surface area contributed by atoms with Crippen molar-refractivity contribution in [3.63, 3.8) is 0 Å². The first-order valence-electron chi connectivity index (χ1n) is 9.46. The number of nitrogens with zero attached hydrogens (tertiary/aromatic N) is 1. The smallest absolute Gasteiger partial charge is 0.191 e. The van der Waals surface area contributed by atoms with E-state index in [-0.39, 0.29) is 5.92 Å². The van der Waals surface area contributed by atoms with Crippen LogP contribution in [0.15, 0.2) is 65.7 Å². The van der Waals surface area contributed by atoms with Gasteiger partial charge >= 0.3 is 0 Å². The highest BCUT2D eigenvalue weighted by molar-refractivity contribution is 7.92. The Hall–Kier alpha value is -2.34. The van der Waals surface area contributed by atoms with Crippen molar-refractivity contribution in [2.75, 3.05) is 26.4 Å². The molecule has 0 aliphatic heterocycles. The van der Waals surface area contributed by atoms with E-state index >= 15 is 0 Å². The topological polar surface area (TPSA) is 70.6 Å². The standard InChI is InChI=1S/C22H31N3O2S/c1-22(2,28(4,26)27)17-25-21(23-3)24-16-20(19-13-9-6-10-14-19)15-18-11-7-5-8-12-18/h5-14,20H,15-17H2,1-4H3,(H2,23,24,25). The van der Waals surface area contributed by atoms with Gasteiger partial charge in [-0.3, -0.25) is 4.99 Å². The van der Waals surface area contributed by atoms with Gasteiger partial charge in [-0.1, -0.05) is 60.7 Å². The quantitative estimate of drug-likeness (QED) is 0.527. The minimum absolute atomic E-state index is 0.269. The Morgan fingerprint density at radius 1 is 1.00 bits per heavy atom. The molecule has 2 N–H and O–H groups in total. The van der Waals surface area contributed by atoms with Gasteiger partial charge in [-0.2, -0.15) is 0 Å². The van der Waals surface area contributed by atoms with E-state index in [4.69, 9.17) is 0 Å². The Morgan fingerprint density at radius 2 is 1.57 bits per heavy atom. The molecule has 152 valence electrons. The van der Waals surface area contributed by atoms with Gasteiger partial charge in [0.1, 0.15) is 0 Å². The van der Waals surface area contributed by atoms with Gasteiger partial charge in [0.25, 0.3) is 0 Å². The van der Waals surface area contributed by atoms with Gasteiger partial charge in [0.05, 0.1) is 4.75 Å². The molecule has 0 saturated heterocycles. The molecule has 0 spiro atoms. The van der Waals surface area contributed by atoms with Crippen molar-refractivity contribution in [2.24, 2.45) is 4.99 Å². The first-order chi connectivity index (χ1) is 13.2. The maximum absolute atomic E-state index is 11.9. The number of guanidine groups is 1. The summed E-state index contributed by atoms with van der Waals surface area (Å²) in [5, 5.41) is 6.50. The van der Waals surface area contributed by atoms with E-state index in [9.17, 15) is 8.42 Å². The van der Waals surface area contributed by atoms with E-state index < -0.39 is 14.6 Å². The van der Waals surface area contributed by atoms with E-state index in [1.165, 1.54) is 17.4 Å². The summed E-state index contributed by atoms with van der Waals surface area (Å²) in [5.41, 5.74) is 2.53. The maximum Gasteiger partial charge on any atom is 0.191 e. The Kier molecular flexibility index (Phi) is 7.63. The Bertz CT molecular complexity index is 863. The molecule has 1 atom stereocenters. The van der Waals surface area contributed by atoms with Crippen LogP contribution >= 0.6 is 0 Å². The zero-order valence-corrected chi connectivity index (χ0v) is 18.0. The Morgan fingerprint density at radius 3 is 2.11 bits per heavy atom. The Labute approximate surface area is 169 Å². The third-order valence-electron chi connectivity index (χ3n) is 5.02. The zero-order chi connectivity index (χ0) is 20.6. The second-order valence-corrected chi connectivity index (χ2v) is 10.3. The molecule has 2 aromatic rings. The minimum atomic E-state index is -3.17. The summed E-state index contributed by atoms with van der Waals surface area (Å²) in [7, 11) is -1.47. The van der Waals surface area contributed by atoms with Crippen molar-refractivity contribution in [3.8, 4) is 0 Å². The molecule has 2 aromatic carbocycles. The molecule has 28 heavy (non-hydrogen) atoms. The van der Waals surface area contributed by atoms with Crippen LogP contribution in [0.4, 0.5) is 0 Å². The lowest BCUT2D eigenvalue weighted by Crippen LogP contribution is -2.48. The van der Waals surface area contributed by atoms with Crippen molar-refractivity contribution in [1.82, 2.24) is 10.6 Å². The molecule has 0 bridgehead atoms. The number of aliphatic imine (C=N–C) groups is 1. The number of rotatable bonds is 8. The average molecular weight is 402 g/mol. The molecule has 0 aliphatic rings. The van der Waals surface area contributed by atoms with E-state index in [2.05, 4.69) is 64.2 Å². The number of hydrogen-bond donors (Lipinski definition) is 2. The van der Waals surface area contributed by atoms with Gasteiger partial charge in [0.2, 0.25) is 0 Å². The average Bonchev–Trinajstić information content (AvgIpc) is 2.67. The van der Waals surface area contributed by atoms with Gasteiger partial charge in [0.15, 0.2) is 15.8 Å². The molecule has 0 heterocycles. The molecule has 6 heteroatoms. The predicted molar refractivity (Wildman–Crippen MR) is 118 cm³/mol. The Balaban J connectivity index is 2.05. The lowest BCUT2D eigenvalue weighted by atomic mass is 9.92. The number of hydrogen-bond acceptors (Lipinski definition) is 3. The summed E-state index contributed by atoms with van der Waals surface area (Å²) in [6, 6.07) is 20.8. The first-order valence-corrected chi connectivity index (χ1v) is 11.3. The summed E-state index contributed by atoms with van der Waals surface area (Å²) >= 11 is 0. The molecule has 0 radical (unpaired) electrons. The van der Waals surface area contributed by atoms with Crippen LogP contribution in [0.2, 0.25) is 0 Å². The number of benzene rings is 2. The van der Waals surface area contributed by atoms with Crippen LogP contribution in [-0.4, -0.2) is 45.5 Å². The van der Waals surface area contributed by atoms with Gasteiger partial charge in [-0.15, -0.1) is 0 Å². The molecular formula is C22H31N3O2S. The monoisotopic (exact) mass is 401 g/mol. The highest BCUT2D eigenvalue weighted by atomic mass is 32.2. The van der Waals surface area contributed by atoms with Crippen molar-refractivity contribution < 1.29 is 8.42 Å². The molecule has 0 aliphatic carbocycles. The lowest BCUT2D eigenvalue weighted by molar-refractivity contribution is 0.543. The molecular weight excluding hydrogens is 370 g/mol. The van der Waals surface area contributed by atoms with Crippen LogP contribution in [0.1, 0.15) is 30.9 Å². The largest absolute Gasteiger partial charge is 0.356 e. The predicted octanol–water partition coefficient (Wildman–Crippen LogP) is 3.00. The van der Waals surface area contributed by atoms with Crippen molar-refractivity contribution in [3.05, 3.63) is 71.8 Å². The third-order valence-corrected chi connectivity index (χ3v) is 7.17. The fraction of sp³-hybridized carbons (Fsp3) is 0.409. The number of nitrogens with one attached hydrogen (secondary N) is 2. The van der Waals surface area contributed by atoms with E-state index in [1.807, 2.05) is 12.1 Å². The van der Waals surface area contributed by atoms with Crippen LogP contribution < -0.4 is 10.6 Å². The van der Waals surface area contributed by atoms with Gasteiger partial charge in [-0.25, -0.2) is 8.42 Å². The summed E-state index contributed by atoms with van der Waals surface area (Å²) < 4.78 is 22.9. The SMILES string of the molecule is CN=C(NCC(Cc1ccccc1)c1ccccc1)NCC(C)(C)S(C)(=O)=O.